The van der Waals surface area contributed by atoms with Crippen LogP contribution in [-0.4, -0.2) is 70.3 Å². The van der Waals surface area contributed by atoms with Crippen LogP contribution in [0.2, 0.25) is 0 Å². The zero-order valence-electron chi connectivity index (χ0n) is 14.3. The molecule has 0 aliphatic carbocycles. The molecule has 0 amide bonds. The third kappa shape index (κ3) is 4.63. The maximum atomic E-state index is 12.0. The van der Waals surface area contributed by atoms with Crippen LogP contribution in [0.25, 0.3) is 0 Å². The van der Waals surface area contributed by atoms with Crippen LogP contribution in [0.15, 0.2) is 15.8 Å². The van der Waals surface area contributed by atoms with Crippen LogP contribution in [0.3, 0.4) is 0 Å². The van der Waals surface area contributed by atoms with Crippen LogP contribution >= 0.6 is 38.4 Å². The number of halogens is 2. The maximum absolute atomic E-state index is 12.0. The molecule has 1 saturated heterocycles. The maximum Gasteiger partial charge on any atom is 0.376 e. The first kappa shape index (κ1) is 24.5. The van der Waals surface area contributed by atoms with E-state index in [1.165, 1.54) is 0 Å². The first-order valence-electron chi connectivity index (χ1n) is 7.46. The van der Waals surface area contributed by atoms with Crippen molar-refractivity contribution in [2.45, 2.75) is 28.4 Å². The highest BCUT2D eigenvalue weighted by Crippen LogP contribution is 2.75. The van der Waals surface area contributed by atoms with E-state index in [1.807, 2.05) is 4.98 Å². The van der Waals surface area contributed by atoms with Gasteiger partial charge in [0.25, 0.3) is 5.56 Å². The summed E-state index contributed by atoms with van der Waals surface area (Å²) in [5, 5.41) is 20.2. The Morgan fingerprint density at radius 1 is 1.24 bits per heavy atom. The standard InChI is InChI=1S/C11H16Cl2N2O12P2/c1-25-4-2-15(10(19)14-8(4)18)9-7(17)6(16)5(27-9)3-26-29(23,24)11(12,13)28(20,21)22/h2,5-7,9,16-17H,3H2,1H3,(H,23,24)(H,14,18,19)(H2,20,21,22)/t5-,6-,7-,9-/m1/s1. The number of hydrogen-bond acceptors (Lipinski definition) is 9. The molecule has 5 atom stereocenters. The molecule has 1 unspecified atom stereocenters. The molecule has 0 bridgehead atoms. The van der Waals surface area contributed by atoms with Gasteiger partial charge in [-0.15, -0.1) is 0 Å². The largest absolute Gasteiger partial charge is 0.490 e. The van der Waals surface area contributed by atoms with Crippen molar-refractivity contribution in [2.75, 3.05) is 13.7 Å². The summed E-state index contributed by atoms with van der Waals surface area (Å²) in [6.45, 7) is -1.00. The second kappa shape index (κ2) is 8.40. The predicted molar refractivity (Wildman–Crippen MR) is 96.1 cm³/mol. The van der Waals surface area contributed by atoms with Crippen molar-refractivity contribution in [3.63, 3.8) is 0 Å². The fraction of sp³-hybridized carbons (Fsp3) is 0.636. The van der Waals surface area contributed by atoms with E-state index >= 15 is 0 Å². The first-order valence-corrected chi connectivity index (χ1v) is 11.4. The average Bonchev–Trinajstić information content (AvgIpc) is 2.87. The van der Waals surface area contributed by atoms with Crippen LogP contribution in [-0.2, 0) is 18.4 Å². The van der Waals surface area contributed by atoms with Crippen molar-refractivity contribution in [3.05, 3.63) is 27.0 Å². The Labute approximate surface area is 171 Å². The summed E-state index contributed by atoms with van der Waals surface area (Å²) >= 11 is 10.5. The second-order valence-corrected chi connectivity index (χ2v) is 12.2. The SMILES string of the molecule is COc1cn([C@@H]2O[C@H](COP(=O)(O)C(Cl)(Cl)P(=O)(O)O)[C@@H](O)[C@H]2O)c(=O)[nH]c1=O. The molecule has 166 valence electrons. The highest BCUT2D eigenvalue weighted by Gasteiger charge is 2.60. The number of ether oxygens (including phenoxy) is 2. The quantitative estimate of drug-likeness (QED) is 0.188. The van der Waals surface area contributed by atoms with Crippen LogP contribution in [0.1, 0.15) is 6.23 Å². The fourth-order valence-electron chi connectivity index (χ4n) is 2.31. The summed E-state index contributed by atoms with van der Waals surface area (Å²) in [6, 6.07) is 0. The van der Waals surface area contributed by atoms with Gasteiger partial charge in [0, 0.05) is 0 Å². The second-order valence-electron chi connectivity index (χ2n) is 5.78. The van der Waals surface area contributed by atoms with Crippen molar-refractivity contribution in [1.29, 1.82) is 0 Å². The molecule has 14 nitrogen and oxygen atoms in total. The van der Waals surface area contributed by atoms with Crippen LogP contribution in [0.4, 0.5) is 0 Å². The number of nitrogens with zero attached hydrogens (tertiary/aromatic N) is 1. The lowest BCUT2D eigenvalue weighted by Crippen LogP contribution is -2.38. The number of H-pyrrole nitrogens is 1. The lowest BCUT2D eigenvalue weighted by Gasteiger charge is -2.26. The summed E-state index contributed by atoms with van der Waals surface area (Å²) in [5.41, 5.74) is -1.88. The van der Waals surface area contributed by atoms with Gasteiger partial charge >= 0.3 is 24.7 Å². The van der Waals surface area contributed by atoms with Gasteiger partial charge in [-0.25, -0.2) is 4.79 Å². The van der Waals surface area contributed by atoms with Gasteiger partial charge in [-0.2, -0.15) is 0 Å². The molecule has 0 saturated carbocycles. The van der Waals surface area contributed by atoms with E-state index in [1.54, 1.807) is 0 Å². The summed E-state index contributed by atoms with van der Waals surface area (Å²) in [6.07, 6.45) is -5.78. The molecular formula is C11H16Cl2N2O12P2. The molecule has 6 N–H and O–H groups in total. The van der Waals surface area contributed by atoms with Crippen LogP contribution in [0.5, 0.6) is 5.75 Å². The molecule has 1 aliphatic heterocycles. The predicted octanol–water partition coefficient (Wildman–Crippen LogP) is -1.37. The number of nitrogens with one attached hydrogen (secondary N) is 1. The van der Waals surface area contributed by atoms with Crippen LogP contribution in [0, 0.1) is 0 Å². The Kier molecular flexibility index (Phi) is 7.10. The highest BCUT2D eigenvalue weighted by molar-refractivity contribution is 7.78. The van der Waals surface area contributed by atoms with Gasteiger partial charge in [-0.3, -0.25) is 23.5 Å². The Hall–Kier alpha value is -0.760. The first-order chi connectivity index (χ1) is 13.1. The molecule has 0 radical (unpaired) electrons. The number of aromatic amines is 1. The Balaban J connectivity index is 2.23. The number of rotatable bonds is 7. The molecule has 1 aliphatic rings. The minimum absolute atomic E-state index is 0.315. The third-order valence-corrected chi connectivity index (χ3v) is 9.89. The van der Waals surface area contributed by atoms with E-state index < -0.39 is 61.4 Å². The van der Waals surface area contributed by atoms with E-state index in [9.17, 15) is 33.8 Å². The smallest absolute Gasteiger partial charge is 0.376 e. The highest BCUT2D eigenvalue weighted by atomic mass is 35.5. The number of methoxy groups -OCH3 is 1. The van der Waals surface area contributed by atoms with E-state index in [2.05, 4.69) is 4.52 Å². The lowest BCUT2D eigenvalue weighted by molar-refractivity contribution is -0.0528. The molecule has 1 aromatic rings. The summed E-state index contributed by atoms with van der Waals surface area (Å²) in [4.78, 5) is 53.0. The fourth-order valence-corrected chi connectivity index (χ4v) is 4.60. The van der Waals surface area contributed by atoms with E-state index in [-0.39, 0.29) is 5.75 Å². The van der Waals surface area contributed by atoms with Crippen molar-refractivity contribution in [2.24, 2.45) is 0 Å². The van der Waals surface area contributed by atoms with Gasteiger partial charge in [0.2, 0.25) is 5.75 Å². The minimum Gasteiger partial charge on any atom is -0.490 e. The van der Waals surface area contributed by atoms with Gasteiger partial charge in [0.05, 0.1) is 19.9 Å². The molecule has 0 aromatic carbocycles. The number of alkyl halides is 2. The third-order valence-electron chi connectivity index (χ3n) is 3.87. The Bertz CT molecular complexity index is 973. The number of hydrogen-bond donors (Lipinski definition) is 6. The molecule has 18 heteroatoms. The normalized spacial score (nSPS) is 27.6. The van der Waals surface area contributed by atoms with Crippen molar-refractivity contribution < 1.29 is 48.0 Å². The van der Waals surface area contributed by atoms with Gasteiger partial charge in [0.15, 0.2) is 6.23 Å². The van der Waals surface area contributed by atoms with Crippen molar-refractivity contribution in [1.82, 2.24) is 9.55 Å². The molecule has 0 spiro atoms. The molecule has 1 fully saturated rings. The van der Waals surface area contributed by atoms with Gasteiger partial charge in [-0.05, 0) is 0 Å². The Morgan fingerprint density at radius 2 is 1.83 bits per heavy atom. The van der Waals surface area contributed by atoms with Crippen molar-refractivity contribution in [3.8, 4) is 5.75 Å². The number of aromatic nitrogens is 2. The molecule has 2 heterocycles. The topological polar surface area (TPSA) is 218 Å². The molecule has 1 aromatic heterocycles. The van der Waals surface area contributed by atoms with Crippen LogP contribution < -0.4 is 16.0 Å². The summed E-state index contributed by atoms with van der Waals surface area (Å²) < 4.78 is 34.9. The monoisotopic (exact) mass is 500 g/mol. The number of aliphatic hydroxyl groups is 2. The van der Waals surface area contributed by atoms with Gasteiger partial charge in [0.1, 0.15) is 18.3 Å². The van der Waals surface area contributed by atoms with Crippen molar-refractivity contribution >= 4 is 38.4 Å². The molecule has 29 heavy (non-hydrogen) atoms. The van der Waals surface area contributed by atoms with E-state index in [4.69, 9.17) is 42.5 Å². The summed E-state index contributed by atoms with van der Waals surface area (Å²) in [5.74, 6) is -0.315. The van der Waals surface area contributed by atoms with E-state index in [0.29, 0.717) is 4.57 Å². The summed E-state index contributed by atoms with van der Waals surface area (Å²) in [7, 11) is -9.75. The molecular weight excluding hydrogens is 485 g/mol. The van der Waals surface area contributed by atoms with Gasteiger partial charge in [-0.1, -0.05) is 23.2 Å². The lowest BCUT2D eigenvalue weighted by atomic mass is 10.1. The minimum atomic E-state index is -5.51. The average molecular weight is 501 g/mol. The Morgan fingerprint density at radius 3 is 2.34 bits per heavy atom. The zero-order chi connectivity index (χ0) is 22.4. The number of aliphatic hydroxyl groups excluding tert-OH is 2. The molecule has 2 rings (SSSR count). The van der Waals surface area contributed by atoms with Gasteiger partial charge < -0.3 is 38.9 Å². The zero-order valence-corrected chi connectivity index (χ0v) is 17.6. The van der Waals surface area contributed by atoms with E-state index in [0.717, 1.165) is 13.3 Å².